The highest BCUT2D eigenvalue weighted by molar-refractivity contribution is 7.91. The lowest BCUT2D eigenvalue weighted by Crippen LogP contribution is -2.39. The summed E-state index contributed by atoms with van der Waals surface area (Å²) < 4.78 is 27.9. The van der Waals surface area contributed by atoms with Crippen LogP contribution in [0.3, 0.4) is 0 Å². The topological polar surface area (TPSA) is 99.0 Å². The highest BCUT2D eigenvalue weighted by Crippen LogP contribution is 2.25. The van der Waals surface area contributed by atoms with Gasteiger partial charge >= 0.3 is 0 Å². The zero-order valence-electron chi connectivity index (χ0n) is 14.6. The molecule has 0 aliphatic carbocycles. The first-order valence-corrected chi connectivity index (χ1v) is 10.9. The van der Waals surface area contributed by atoms with Crippen molar-refractivity contribution in [2.45, 2.75) is 30.4 Å². The molecule has 3 rings (SSSR count). The van der Waals surface area contributed by atoms with Crippen molar-refractivity contribution >= 4 is 27.2 Å². The lowest BCUT2D eigenvalue weighted by atomic mass is 9.97. The van der Waals surface area contributed by atoms with Crippen LogP contribution in [-0.2, 0) is 16.4 Å². The van der Waals surface area contributed by atoms with E-state index in [2.05, 4.69) is 20.8 Å². The summed E-state index contributed by atoms with van der Waals surface area (Å²) >= 11 is 1.32. The van der Waals surface area contributed by atoms with Crippen LogP contribution in [0, 0.1) is 17.2 Å². The van der Waals surface area contributed by atoms with E-state index in [-0.39, 0.29) is 5.92 Å². The van der Waals surface area contributed by atoms with Crippen molar-refractivity contribution in [2.75, 3.05) is 24.5 Å². The summed E-state index contributed by atoms with van der Waals surface area (Å²) in [6.45, 7) is 3.91. The molecule has 0 radical (unpaired) electrons. The molecular weight excluding hydrogens is 370 g/mol. The number of piperidine rings is 1. The van der Waals surface area contributed by atoms with Crippen LogP contribution in [0.25, 0.3) is 0 Å². The van der Waals surface area contributed by atoms with E-state index in [4.69, 9.17) is 5.26 Å². The number of nitriles is 1. The third-order valence-electron chi connectivity index (χ3n) is 4.51. The fourth-order valence-corrected chi connectivity index (χ4v) is 5.44. The average molecular weight is 392 g/mol. The second-order valence-electron chi connectivity index (χ2n) is 6.20. The molecule has 0 amide bonds. The summed E-state index contributed by atoms with van der Waals surface area (Å²) in [6, 6.07) is 5.61. The van der Waals surface area contributed by atoms with Crippen LogP contribution in [0.1, 0.15) is 30.3 Å². The summed E-state index contributed by atoms with van der Waals surface area (Å²) in [6.07, 6.45) is 5.62. The fourth-order valence-electron chi connectivity index (χ4n) is 2.98. The Bertz CT molecular complexity index is 896. The quantitative estimate of drug-likeness (QED) is 0.810. The van der Waals surface area contributed by atoms with Crippen LogP contribution in [0.4, 0.5) is 5.82 Å². The summed E-state index contributed by atoms with van der Waals surface area (Å²) in [5.41, 5.74) is 0.330. The molecule has 7 nitrogen and oxygen atoms in total. The van der Waals surface area contributed by atoms with Gasteiger partial charge in [0.25, 0.3) is 0 Å². The zero-order valence-corrected chi connectivity index (χ0v) is 16.2. The van der Waals surface area contributed by atoms with Gasteiger partial charge in [-0.15, -0.1) is 11.3 Å². The van der Waals surface area contributed by atoms with Crippen LogP contribution in [0.15, 0.2) is 28.7 Å². The van der Waals surface area contributed by atoms with Gasteiger partial charge in [-0.1, -0.05) is 6.92 Å². The third kappa shape index (κ3) is 4.20. The van der Waals surface area contributed by atoms with Crippen molar-refractivity contribution in [3.63, 3.8) is 0 Å². The molecule has 3 heterocycles. The Kier molecular flexibility index (Phi) is 5.86. The molecule has 0 bridgehead atoms. The minimum Gasteiger partial charge on any atom is -0.354 e. The van der Waals surface area contributed by atoms with Crippen LogP contribution >= 0.6 is 11.3 Å². The van der Waals surface area contributed by atoms with Gasteiger partial charge in [-0.25, -0.2) is 23.1 Å². The first-order valence-electron chi connectivity index (χ1n) is 8.58. The summed E-state index contributed by atoms with van der Waals surface area (Å²) in [7, 11) is -3.44. The molecule has 1 N–H and O–H groups in total. The number of nitrogens with zero attached hydrogens (tertiary/aromatic N) is 4. The highest BCUT2D eigenvalue weighted by atomic mass is 32.2. The van der Waals surface area contributed by atoms with E-state index in [1.165, 1.54) is 17.5 Å². The first-order chi connectivity index (χ1) is 12.5. The molecule has 1 aliphatic heterocycles. The molecule has 0 atom stereocenters. The second kappa shape index (κ2) is 8.12. The number of anilines is 1. The standard InChI is InChI=1S/C17H21N5O2S2/c1-2-14-3-4-16(25-14)26(23,24)21-12-13-5-9-22(10-6-13)17-15(11-18)19-7-8-20-17/h3-4,7-8,13,21H,2,5-6,9-10,12H2,1H3. The summed E-state index contributed by atoms with van der Waals surface area (Å²) in [4.78, 5) is 11.4. The number of thiophene rings is 1. The zero-order chi connectivity index (χ0) is 18.6. The van der Waals surface area contributed by atoms with E-state index in [9.17, 15) is 8.42 Å². The van der Waals surface area contributed by atoms with Gasteiger partial charge in [-0.3, -0.25) is 0 Å². The Labute approximate surface area is 157 Å². The Hall–Kier alpha value is -2.02. The number of rotatable bonds is 6. The van der Waals surface area contributed by atoms with Gasteiger partial charge in [0.15, 0.2) is 11.5 Å². The van der Waals surface area contributed by atoms with Crippen molar-refractivity contribution < 1.29 is 8.42 Å². The highest BCUT2D eigenvalue weighted by Gasteiger charge is 2.24. The number of aromatic nitrogens is 2. The molecule has 1 aliphatic rings. The maximum atomic E-state index is 12.4. The molecule has 0 saturated carbocycles. The van der Waals surface area contributed by atoms with E-state index < -0.39 is 10.0 Å². The Morgan fingerprint density at radius 2 is 2.04 bits per heavy atom. The largest absolute Gasteiger partial charge is 0.354 e. The van der Waals surface area contributed by atoms with Gasteiger partial charge in [0.05, 0.1) is 0 Å². The van der Waals surface area contributed by atoms with Crippen LogP contribution in [-0.4, -0.2) is 38.0 Å². The smallest absolute Gasteiger partial charge is 0.250 e. The van der Waals surface area contributed by atoms with Crippen molar-refractivity contribution in [1.29, 1.82) is 5.26 Å². The molecule has 1 saturated heterocycles. The van der Waals surface area contributed by atoms with Crippen LogP contribution in [0.2, 0.25) is 0 Å². The van der Waals surface area contributed by atoms with Crippen LogP contribution in [0.5, 0.6) is 0 Å². The molecule has 138 valence electrons. The van der Waals surface area contributed by atoms with E-state index in [0.29, 0.717) is 22.3 Å². The van der Waals surface area contributed by atoms with E-state index in [1.54, 1.807) is 12.3 Å². The van der Waals surface area contributed by atoms with Crippen molar-refractivity contribution in [1.82, 2.24) is 14.7 Å². The molecule has 2 aromatic heterocycles. The van der Waals surface area contributed by atoms with Gasteiger partial charge in [-0.05, 0) is 37.3 Å². The fraction of sp³-hybridized carbons (Fsp3) is 0.471. The molecule has 0 spiro atoms. The molecule has 26 heavy (non-hydrogen) atoms. The number of hydrogen-bond acceptors (Lipinski definition) is 7. The van der Waals surface area contributed by atoms with Gasteiger partial charge in [0.2, 0.25) is 10.0 Å². The number of sulfonamides is 1. The Morgan fingerprint density at radius 1 is 1.31 bits per heavy atom. The molecule has 1 fully saturated rings. The van der Waals surface area contributed by atoms with Crippen molar-refractivity contribution in [3.8, 4) is 6.07 Å². The molecule has 9 heteroatoms. The minimum atomic E-state index is -3.44. The molecule has 0 unspecified atom stereocenters. The normalized spacial score (nSPS) is 15.8. The average Bonchev–Trinajstić information content (AvgIpc) is 3.17. The monoisotopic (exact) mass is 391 g/mol. The second-order valence-corrected chi connectivity index (χ2v) is 9.36. The van der Waals surface area contributed by atoms with Gasteiger partial charge in [0, 0.05) is 36.9 Å². The maximum absolute atomic E-state index is 12.4. The number of hydrogen-bond donors (Lipinski definition) is 1. The van der Waals surface area contributed by atoms with Crippen molar-refractivity contribution in [2.24, 2.45) is 5.92 Å². The molecule has 0 aromatic carbocycles. The third-order valence-corrected chi connectivity index (χ3v) is 7.66. The number of nitrogens with one attached hydrogen (secondary N) is 1. The lowest BCUT2D eigenvalue weighted by Gasteiger charge is -2.32. The summed E-state index contributed by atoms with van der Waals surface area (Å²) in [5.74, 6) is 0.883. The SMILES string of the molecule is CCc1ccc(S(=O)(=O)NCC2CCN(c3nccnc3C#N)CC2)s1. The molecular formula is C17H21N5O2S2. The van der Waals surface area contributed by atoms with Gasteiger partial charge in [0.1, 0.15) is 10.3 Å². The van der Waals surface area contributed by atoms with E-state index in [1.807, 2.05) is 17.9 Å². The minimum absolute atomic E-state index is 0.272. The van der Waals surface area contributed by atoms with Gasteiger partial charge in [-0.2, -0.15) is 5.26 Å². The number of aryl methyl sites for hydroxylation is 1. The van der Waals surface area contributed by atoms with Crippen LogP contribution < -0.4 is 9.62 Å². The van der Waals surface area contributed by atoms with E-state index in [0.717, 1.165) is 37.2 Å². The Morgan fingerprint density at radius 3 is 2.69 bits per heavy atom. The summed E-state index contributed by atoms with van der Waals surface area (Å²) in [5, 5.41) is 9.15. The van der Waals surface area contributed by atoms with E-state index >= 15 is 0 Å². The lowest BCUT2D eigenvalue weighted by molar-refractivity contribution is 0.400. The van der Waals surface area contributed by atoms with Gasteiger partial charge < -0.3 is 4.90 Å². The van der Waals surface area contributed by atoms with Crippen molar-refractivity contribution in [3.05, 3.63) is 35.1 Å². The Balaban J connectivity index is 1.55. The predicted molar refractivity (Wildman–Crippen MR) is 101 cm³/mol. The first kappa shape index (κ1) is 18.8. The maximum Gasteiger partial charge on any atom is 0.250 e. The molecule has 2 aromatic rings. The predicted octanol–water partition coefficient (Wildman–Crippen LogP) is 2.17.